The molecule has 0 saturated heterocycles. The number of nitrogens with zero attached hydrogens (tertiary/aromatic N) is 2. The Morgan fingerprint density at radius 3 is 2.50 bits per heavy atom. The molecule has 0 fully saturated rings. The zero-order valence-corrected chi connectivity index (χ0v) is 16.2. The van der Waals surface area contributed by atoms with Gasteiger partial charge in [-0.3, -0.25) is 4.79 Å². The molecule has 6 heteroatoms. The number of esters is 1. The Kier molecular flexibility index (Phi) is 6.37. The van der Waals surface area contributed by atoms with Crippen LogP contribution in [0.5, 0.6) is 0 Å². The molecule has 2 aromatic rings. The lowest BCUT2D eigenvalue weighted by atomic mass is 9.91. The standard InChI is InChI=1S/C20H23ClN2O3/c1-14-16(10-11-18(25)26-13-17(24)20(2,3)4)19(21)23(22-14)12-15-8-6-5-7-9-15/h5-11H,12-13H2,1-4H3/b11-10+. The van der Waals surface area contributed by atoms with Crippen molar-refractivity contribution in [3.63, 3.8) is 0 Å². The maximum absolute atomic E-state index is 11.8. The second-order valence-electron chi connectivity index (χ2n) is 7.05. The van der Waals surface area contributed by atoms with E-state index in [4.69, 9.17) is 16.3 Å². The van der Waals surface area contributed by atoms with E-state index in [0.29, 0.717) is 23.0 Å². The van der Waals surface area contributed by atoms with Gasteiger partial charge in [0.25, 0.3) is 0 Å². The van der Waals surface area contributed by atoms with E-state index < -0.39 is 11.4 Å². The first kappa shape index (κ1) is 19.9. The number of carbonyl (C=O) groups is 2. The highest BCUT2D eigenvalue weighted by molar-refractivity contribution is 6.31. The zero-order valence-electron chi connectivity index (χ0n) is 15.5. The predicted molar refractivity (Wildman–Crippen MR) is 102 cm³/mol. The molecule has 138 valence electrons. The molecule has 0 aliphatic rings. The molecule has 0 aliphatic heterocycles. The summed E-state index contributed by atoms with van der Waals surface area (Å²) in [4.78, 5) is 23.6. The molecule has 0 radical (unpaired) electrons. The number of aryl methyl sites for hydroxylation is 1. The van der Waals surface area contributed by atoms with E-state index in [2.05, 4.69) is 5.10 Å². The lowest BCUT2D eigenvalue weighted by Gasteiger charge is -2.15. The molecule has 0 bridgehead atoms. The molecule has 0 saturated carbocycles. The Morgan fingerprint density at radius 2 is 1.88 bits per heavy atom. The van der Waals surface area contributed by atoms with Gasteiger partial charge in [0.05, 0.1) is 12.2 Å². The van der Waals surface area contributed by atoms with Crippen LogP contribution in [0.3, 0.4) is 0 Å². The van der Waals surface area contributed by atoms with Gasteiger partial charge in [0.15, 0.2) is 12.4 Å². The van der Waals surface area contributed by atoms with Gasteiger partial charge in [-0.1, -0.05) is 62.7 Å². The number of halogens is 1. The SMILES string of the molecule is Cc1nn(Cc2ccccc2)c(Cl)c1/C=C/C(=O)OCC(=O)C(C)(C)C. The summed E-state index contributed by atoms with van der Waals surface area (Å²) in [6, 6.07) is 9.84. The minimum Gasteiger partial charge on any atom is -0.455 e. The van der Waals surface area contributed by atoms with Gasteiger partial charge in [-0.25, -0.2) is 9.48 Å². The summed E-state index contributed by atoms with van der Waals surface area (Å²) in [6.45, 7) is 7.46. The smallest absolute Gasteiger partial charge is 0.331 e. The first-order chi connectivity index (χ1) is 12.2. The maximum Gasteiger partial charge on any atom is 0.331 e. The Balaban J connectivity index is 2.04. The number of rotatable bonds is 6. The van der Waals surface area contributed by atoms with Gasteiger partial charge in [0.2, 0.25) is 0 Å². The molecule has 0 unspecified atom stereocenters. The Bertz CT molecular complexity index is 818. The summed E-state index contributed by atoms with van der Waals surface area (Å²) in [6.07, 6.45) is 2.83. The molecule has 0 amide bonds. The monoisotopic (exact) mass is 374 g/mol. The van der Waals surface area contributed by atoms with Crippen molar-refractivity contribution < 1.29 is 14.3 Å². The third-order valence-corrected chi connectivity index (χ3v) is 4.25. The summed E-state index contributed by atoms with van der Waals surface area (Å²) in [5.74, 6) is -0.724. The van der Waals surface area contributed by atoms with E-state index in [9.17, 15) is 9.59 Å². The molecule has 1 heterocycles. The van der Waals surface area contributed by atoms with Crippen LogP contribution in [-0.4, -0.2) is 28.1 Å². The van der Waals surface area contributed by atoms with Crippen LogP contribution >= 0.6 is 11.6 Å². The Morgan fingerprint density at radius 1 is 1.23 bits per heavy atom. The normalized spacial score (nSPS) is 11.7. The van der Waals surface area contributed by atoms with Crippen LogP contribution < -0.4 is 0 Å². The van der Waals surface area contributed by atoms with Gasteiger partial charge in [-0.05, 0) is 18.6 Å². The molecule has 1 aromatic carbocycles. The third kappa shape index (κ3) is 5.30. The van der Waals surface area contributed by atoms with Crippen LogP contribution in [0.4, 0.5) is 0 Å². The van der Waals surface area contributed by atoms with E-state index in [1.807, 2.05) is 37.3 Å². The van der Waals surface area contributed by atoms with Crippen molar-refractivity contribution in [3.8, 4) is 0 Å². The van der Waals surface area contributed by atoms with Gasteiger partial charge in [0.1, 0.15) is 5.15 Å². The lowest BCUT2D eigenvalue weighted by molar-refractivity contribution is -0.145. The fraction of sp³-hybridized carbons (Fsp3) is 0.350. The number of aromatic nitrogens is 2. The van der Waals surface area contributed by atoms with E-state index in [1.54, 1.807) is 31.5 Å². The van der Waals surface area contributed by atoms with Crippen LogP contribution in [0.15, 0.2) is 36.4 Å². The minimum absolute atomic E-state index is 0.135. The first-order valence-corrected chi connectivity index (χ1v) is 8.71. The van der Waals surface area contributed by atoms with Crippen LogP contribution in [0, 0.1) is 12.3 Å². The Labute approximate surface area is 158 Å². The molecular weight excluding hydrogens is 352 g/mol. The molecule has 5 nitrogen and oxygen atoms in total. The predicted octanol–water partition coefficient (Wildman–Crippen LogP) is 4.06. The van der Waals surface area contributed by atoms with E-state index >= 15 is 0 Å². The van der Waals surface area contributed by atoms with Gasteiger partial charge >= 0.3 is 5.97 Å². The van der Waals surface area contributed by atoms with Crippen molar-refractivity contribution in [2.75, 3.05) is 6.61 Å². The summed E-state index contributed by atoms with van der Waals surface area (Å²) < 4.78 is 6.67. The first-order valence-electron chi connectivity index (χ1n) is 8.33. The van der Waals surface area contributed by atoms with Crippen molar-refractivity contribution in [2.45, 2.75) is 34.2 Å². The number of hydrogen-bond donors (Lipinski definition) is 0. The quantitative estimate of drug-likeness (QED) is 0.565. The van der Waals surface area contributed by atoms with Crippen LogP contribution in [0.2, 0.25) is 5.15 Å². The summed E-state index contributed by atoms with van der Waals surface area (Å²) in [7, 11) is 0. The van der Waals surface area contributed by atoms with Gasteiger partial charge in [-0.15, -0.1) is 0 Å². The average molecular weight is 375 g/mol. The highest BCUT2D eigenvalue weighted by Gasteiger charge is 2.22. The minimum atomic E-state index is -0.589. The van der Waals surface area contributed by atoms with E-state index in [0.717, 1.165) is 5.56 Å². The highest BCUT2D eigenvalue weighted by Crippen LogP contribution is 2.22. The average Bonchev–Trinajstić information content (AvgIpc) is 2.84. The molecule has 0 atom stereocenters. The molecule has 2 rings (SSSR count). The molecule has 0 aliphatic carbocycles. The molecule has 1 aromatic heterocycles. The second kappa shape index (κ2) is 8.32. The van der Waals surface area contributed by atoms with E-state index in [1.165, 1.54) is 6.08 Å². The topological polar surface area (TPSA) is 61.2 Å². The van der Waals surface area contributed by atoms with Gasteiger partial charge < -0.3 is 4.74 Å². The van der Waals surface area contributed by atoms with Crippen molar-refractivity contribution >= 4 is 29.4 Å². The fourth-order valence-corrected chi connectivity index (χ4v) is 2.47. The number of ether oxygens (including phenoxy) is 1. The van der Waals surface area contributed by atoms with Crippen molar-refractivity contribution in [1.82, 2.24) is 9.78 Å². The summed E-state index contributed by atoms with van der Waals surface area (Å²) in [5, 5.41) is 4.86. The molecular formula is C20H23ClN2O3. The molecule has 0 spiro atoms. The van der Waals surface area contributed by atoms with Gasteiger partial charge in [0, 0.05) is 17.1 Å². The van der Waals surface area contributed by atoms with Crippen LogP contribution in [0.1, 0.15) is 37.6 Å². The van der Waals surface area contributed by atoms with Gasteiger partial charge in [-0.2, -0.15) is 5.10 Å². The third-order valence-electron chi connectivity index (χ3n) is 3.85. The number of hydrogen-bond acceptors (Lipinski definition) is 4. The number of Topliss-reactive ketones (excluding diaryl/α,β-unsaturated/α-hetero) is 1. The molecule has 0 N–H and O–H groups in total. The number of benzene rings is 1. The second-order valence-corrected chi connectivity index (χ2v) is 7.41. The van der Waals surface area contributed by atoms with Crippen molar-refractivity contribution in [2.24, 2.45) is 5.41 Å². The van der Waals surface area contributed by atoms with Crippen molar-refractivity contribution in [1.29, 1.82) is 0 Å². The summed E-state index contributed by atoms with van der Waals surface area (Å²) >= 11 is 6.39. The lowest BCUT2D eigenvalue weighted by Crippen LogP contribution is -2.25. The Hall–Kier alpha value is -2.40. The summed E-state index contributed by atoms with van der Waals surface area (Å²) in [5.41, 5.74) is 1.90. The zero-order chi connectivity index (χ0) is 19.3. The van der Waals surface area contributed by atoms with Crippen LogP contribution in [0.25, 0.3) is 6.08 Å². The van der Waals surface area contributed by atoms with Crippen molar-refractivity contribution in [3.05, 3.63) is 58.4 Å². The molecule has 26 heavy (non-hydrogen) atoms. The largest absolute Gasteiger partial charge is 0.455 e. The van der Waals surface area contributed by atoms with Crippen LogP contribution in [-0.2, 0) is 20.9 Å². The maximum atomic E-state index is 11.8. The van der Waals surface area contributed by atoms with E-state index in [-0.39, 0.29) is 12.4 Å². The number of carbonyl (C=O) groups excluding carboxylic acids is 2. The number of ketones is 1. The fourth-order valence-electron chi connectivity index (χ4n) is 2.17. The highest BCUT2D eigenvalue weighted by atomic mass is 35.5.